The third-order valence-corrected chi connectivity index (χ3v) is 3.67. The summed E-state index contributed by atoms with van der Waals surface area (Å²) in [4.78, 5) is 0. The molecule has 0 atom stereocenters. The number of aromatic amines is 1. The van der Waals surface area contributed by atoms with Gasteiger partial charge in [0.05, 0.1) is 0 Å². The molecular formula is C7H12N2OSe. The van der Waals surface area contributed by atoms with E-state index in [-0.39, 0.29) is 15.3 Å². The van der Waals surface area contributed by atoms with E-state index >= 15 is 0 Å². The minimum absolute atomic E-state index is 0.135. The Hall–Kier alpha value is -0.311. The summed E-state index contributed by atoms with van der Waals surface area (Å²) in [6.45, 7) is 6.81. The van der Waals surface area contributed by atoms with Gasteiger partial charge in [-0.1, -0.05) is 0 Å². The van der Waals surface area contributed by atoms with Gasteiger partial charge in [-0.15, -0.1) is 0 Å². The van der Waals surface area contributed by atoms with E-state index in [4.69, 9.17) is 3.82 Å². The molecule has 62 valence electrons. The Balaban J connectivity index is 2.67. The standard InChI is InChI=1S/C7H12N2OSe/c1-4-10-11-7-5(2)8-9-6(7)3/h4H2,1-3H3,(H,8,9). The second kappa shape index (κ2) is 3.90. The van der Waals surface area contributed by atoms with Crippen LogP contribution in [0.5, 0.6) is 0 Å². The van der Waals surface area contributed by atoms with Crippen LogP contribution in [0.15, 0.2) is 0 Å². The molecule has 3 nitrogen and oxygen atoms in total. The van der Waals surface area contributed by atoms with Crippen LogP contribution < -0.4 is 4.46 Å². The van der Waals surface area contributed by atoms with Crippen molar-refractivity contribution in [3.8, 4) is 0 Å². The number of hydrogen-bond donors (Lipinski definition) is 1. The van der Waals surface area contributed by atoms with Gasteiger partial charge >= 0.3 is 72.5 Å². The van der Waals surface area contributed by atoms with Crippen molar-refractivity contribution in [1.29, 1.82) is 0 Å². The van der Waals surface area contributed by atoms with Gasteiger partial charge in [0.1, 0.15) is 0 Å². The summed E-state index contributed by atoms with van der Waals surface area (Å²) < 4.78 is 6.59. The van der Waals surface area contributed by atoms with E-state index in [9.17, 15) is 0 Å². The predicted molar refractivity (Wildman–Crippen MR) is 45.1 cm³/mol. The van der Waals surface area contributed by atoms with E-state index in [0.717, 1.165) is 18.0 Å². The average Bonchev–Trinajstić information content (AvgIpc) is 2.29. The zero-order valence-electron chi connectivity index (χ0n) is 6.97. The van der Waals surface area contributed by atoms with Crippen molar-refractivity contribution < 1.29 is 3.82 Å². The molecule has 0 bridgehead atoms. The number of rotatable bonds is 3. The van der Waals surface area contributed by atoms with Gasteiger partial charge in [-0.2, -0.15) is 0 Å². The molecule has 1 aromatic rings. The van der Waals surface area contributed by atoms with Crippen LogP contribution in [0.2, 0.25) is 0 Å². The Morgan fingerprint density at radius 1 is 1.55 bits per heavy atom. The number of aryl methyl sites for hydroxylation is 2. The molecule has 0 aliphatic carbocycles. The summed E-state index contributed by atoms with van der Waals surface area (Å²) in [6.07, 6.45) is 0. The second-order valence-electron chi connectivity index (χ2n) is 2.25. The molecule has 0 saturated carbocycles. The SMILES string of the molecule is CCO[Se]c1c(C)n[nH]c1C. The predicted octanol–water partition coefficient (Wildman–Crippen LogP) is 0.308. The van der Waals surface area contributed by atoms with Gasteiger partial charge in [0.25, 0.3) is 0 Å². The molecule has 1 aromatic heterocycles. The third-order valence-electron chi connectivity index (χ3n) is 1.32. The van der Waals surface area contributed by atoms with E-state index in [2.05, 4.69) is 10.2 Å². The van der Waals surface area contributed by atoms with Crippen LogP contribution in [0.1, 0.15) is 18.3 Å². The van der Waals surface area contributed by atoms with Gasteiger partial charge in [-0.05, 0) is 0 Å². The van der Waals surface area contributed by atoms with Crippen molar-refractivity contribution in [2.24, 2.45) is 0 Å². The van der Waals surface area contributed by atoms with Crippen LogP contribution in [0.4, 0.5) is 0 Å². The number of nitrogens with one attached hydrogen (secondary N) is 1. The van der Waals surface area contributed by atoms with Crippen molar-refractivity contribution in [2.75, 3.05) is 6.61 Å². The normalized spacial score (nSPS) is 10.5. The monoisotopic (exact) mass is 220 g/mol. The summed E-state index contributed by atoms with van der Waals surface area (Å²) in [6, 6.07) is 0. The molecule has 1 rings (SSSR count). The van der Waals surface area contributed by atoms with Gasteiger partial charge in [0.15, 0.2) is 0 Å². The van der Waals surface area contributed by atoms with Gasteiger partial charge in [-0.3, -0.25) is 0 Å². The average molecular weight is 219 g/mol. The topological polar surface area (TPSA) is 37.9 Å². The first kappa shape index (κ1) is 8.78. The van der Waals surface area contributed by atoms with Gasteiger partial charge in [0, 0.05) is 0 Å². The molecule has 0 aliphatic rings. The molecule has 0 fully saturated rings. The van der Waals surface area contributed by atoms with Crippen molar-refractivity contribution in [2.45, 2.75) is 20.8 Å². The quantitative estimate of drug-likeness (QED) is 0.743. The van der Waals surface area contributed by atoms with Crippen LogP contribution in [0, 0.1) is 13.8 Å². The minimum atomic E-state index is 0.135. The number of nitrogens with zero attached hydrogens (tertiary/aromatic N) is 1. The van der Waals surface area contributed by atoms with Crippen LogP contribution in [-0.4, -0.2) is 32.1 Å². The first-order valence-electron chi connectivity index (χ1n) is 3.56. The Labute approximate surface area is 73.0 Å². The molecule has 4 heteroatoms. The number of hydrogen-bond acceptors (Lipinski definition) is 2. The molecule has 0 spiro atoms. The first-order valence-corrected chi connectivity index (χ1v) is 5.12. The van der Waals surface area contributed by atoms with Crippen molar-refractivity contribution >= 4 is 19.7 Å². The molecule has 0 amide bonds. The van der Waals surface area contributed by atoms with Crippen molar-refractivity contribution in [1.82, 2.24) is 10.2 Å². The van der Waals surface area contributed by atoms with Crippen LogP contribution >= 0.6 is 0 Å². The summed E-state index contributed by atoms with van der Waals surface area (Å²) in [5.74, 6) is 0. The molecule has 0 aromatic carbocycles. The fraction of sp³-hybridized carbons (Fsp3) is 0.571. The Bertz CT molecular complexity index is 215. The van der Waals surface area contributed by atoms with E-state index in [1.165, 1.54) is 4.46 Å². The Morgan fingerprint density at radius 2 is 2.27 bits per heavy atom. The molecule has 0 saturated heterocycles. The maximum atomic E-state index is 5.34. The fourth-order valence-electron chi connectivity index (χ4n) is 0.781. The van der Waals surface area contributed by atoms with Crippen LogP contribution in [0.25, 0.3) is 0 Å². The zero-order chi connectivity index (χ0) is 8.27. The van der Waals surface area contributed by atoms with Crippen molar-refractivity contribution in [3.05, 3.63) is 11.4 Å². The molecular weight excluding hydrogens is 207 g/mol. The van der Waals surface area contributed by atoms with Gasteiger partial charge in [-0.25, -0.2) is 0 Å². The summed E-state index contributed by atoms with van der Waals surface area (Å²) >= 11 is 0.135. The maximum absolute atomic E-state index is 5.34. The molecule has 1 heterocycles. The van der Waals surface area contributed by atoms with E-state index < -0.39 is 0 Å². The molecule has 0 unspecified atom stereocenters. The molecule has 1 N–H and O–H groups in total. The second-order valence-corrected chi connectivity index (χ2v) is 3.95. The number of aromatic nitrogens is 2. The first-order chi connectivity index (χ1) is 5.25. The van der Waals surface area contributed by atoms with E-state index in [1.807, 2.05) is 20.8 Å². The van der Waals surface area contributed by atoms with Gasteiger partial charge in [0.2, 0.25) is 0 Å². The molecule has 0 radical (unpaired) electrons. The van der Waals surface area contributed by atoms with Gasteiger partial charge < -0.3 is 0 Å². The summed E-state index contributed by atoms with van der Waals surface area (Å²) in [5, 5.41) is 7.01. The van der Waals surface area contributed by atoms with E-state index in [0.29, 0.717) is 0 Å². The summed E-state index contributed by atoms with van der Waals surface area (Å²) in [7, 11) is 0. The summed E-state index contributed by atoms with van der Waals surface area (Å²) in [5.41, 5.74) is 2.20. The van der Waals surface area contributed by atoms with Crippen LogP contribution in [-0.2, 0) is 3.82 Å². The molecule has 11 heavy (non-hydrogen) atoms. The Kier molecular flexibility index (Phi) is 3.12. The van der Waals surface area contributed by atoms with E-state index in [1.54, 1.807) is 0 Å². The zero-order valence-corrected chi connectivity index (χ0v) is 8.68. The Morgan fingerprint density at radius 3 is 2.73 bits per heavy atom. The molecule has 0 aliphatic heterocycles. The fourth-order valence-corrected chi connectivity index (χ4v) is 1.98. The third kappa shape index (κ3) is 2.06. The van der Waals surface area contributed by atoms with Crippen LogP contribution in [0.3, 0.4) is 0 Å². The number of H-pyrrole nitrogens is 1. The van der Waals surface area contributed by atoms with Crippen molar-refractivity contribution in [3.63, 3.8) is 0 Å².